The van der Waals surface area contributed by atoms with E-state index in [0.717, 1.165) is 22.3 Å². The van der Waals surface area contributed by atoms with Crippen molar-refractivity contribution < 1.29 is 14.4 Å². The number of ether oxygens (including phenoxy) is 2. The molecule has 0 saturated carbocycles. The summed E-state index contributed by atoms with van der Waals surface area (Å²) in [6.45, 7) is 4.58. The lowest BCUT2D eigenvalue weighted by Gasteiger charge is -2.11. The molecule has 35 heavy (non-hydrogen) atoms. The van der Waals surface area contributed by atoms with Gasteiger partial charge in [-0.1, -0.05) is 29.5 Å². The largest absolute Gasteiger partial charge is 0.490 e. The van der Waals surface area contributed by atoms with Crippen LogP contribution in [0.2, 0.25) is 0 Å². The Balaban J connectivity index is 1.44. The van der Waals surface area contributed by atoms with Gasteiger partial charge in [-0.15, -0.1) is 0 Å². The third-order valence-corrected chi connectivity index (χ3v) is 6.69. The first-order valence-corrected chi connectivity index (χ1v) is 11.8. The van der Waals surface area contributed by atoms with Crippen LogP contribution >= 0.6 is 11.3 Å². The van der Waals surface area contributed by atoms with Gasteiger partial charge in [-0.2, -0.15) is 0 Å². The number of aryl methyl sites for hydroxylation is 2. The molecule has 0 N–H and O–H groups in total. The number of nitro groups is 1. The van der Waals surface area contributed by atoms with E-state index >= 15 is 0 Å². The molecule has 0 fully saturated rings. The van der Waals surface area contributed by atoms with Crippen molar-refractivity contribution in [3.63, 3.8) is 0 Å². The zero-order valence-corrected chi connectivity index (χ0v) is 19.9. The van der Waals surface area contributed by atoms with Crippen molar-refractivity contribution >= 4 is 39.1 Å². The summed E-state index contributed by atoms with van der Waals surface area (Å²) in [4.78, 5) is 29.1. The monoisotopic (exact) mass is 487 g/mol. The third kappa shape index (κ3) is 4.45. The number of para-hydroxylation sites is 2. The number of non-ortho nitro benzene ring substituents is 1. The fourth-order valence-electron chi connectivity index (χ4n) is 3.76. The first kappa shape index (κ1) is 22.5. The molecule has 2 aromatic heterocycles. The van der Waals surface area contributed by atoms with Crippen LogP contribution in [0.25, 0.3) is 22.1 Å². The maximum atomic E-state index is 13.1. The van der Waals surface area contributed by atoms with Gasteiger partial charge in [-0.05, 0) is 61.4 Å². The Labute approximate surface area is 203 Å². The highest BCUT2D eigenvalue weighted by Gasteiger charge is 2.14. The van der Waals surface area contributed by atoms with Crippen LogP contribution in [-0.2, 0) is 0 Å². The molecule has 0 spiro atoms. The highest BCUT2D eigenvalue weighted by atomic mass is 32.1. The first-order valence-electron chi connectivity index (χ1n) is 10.9. The number of hydrogen-bond acceptors (Lipinski definition) is 7. The Morgan fingerprint density at radius 3 is 2.63 bits per heavy atom. The minimum Gasteiger partial charge on any atom is -0.490 e. The lowest BCUT2D eigenvalue weighted by Crippen LogP contribution is -2.22. The van der Waals surface area contributed by atoms with Gasteiger partial charge in [-0.3, -0.25) is 14.9 Å². The standard InChI is InChI=1S/C26H21N3O5S/c1-16-7-9-20(13-17(16)2)33-11-12-34-23-10-8-19(29(31)32)14-18(23)15-24-25(30)28-22-6-4-3-5-21(22)27-26(28)35-24/h3-10,13-15H,11-12H2,1-2H3. The molecule has 5 rings (SSSR count). The van der Waals surface area contributed by atoms with E-state index in [1.807, 2.05) is 56.3 Å². The van der Waals surface area contributed by atoms with Crippen LogP contribution in [0.1, 0.15) is 16.7 Å². The van der Waals surface area contributed by atoms with Crippen molar-refractivity contribution in [2.24, 2.45) is 0 Å². The fraction of sp³-hybridized carbons (Fsp3) is 0.154. The van der Waals surface area contributed by atoms with E-state index in [2.05, 4.69) is 4.98 Å². The molecule has 8 nitrogen and oxygen atoms in total. The first-order chi connectivity index (χ1) is 16.9. The minimum absolute atomic E-state index is 0.0887. The predicted molar refractivity (Wildman–Crippen MR) is 136 cm³/mol. The summed E-state index contributed by atoms with van der Waals surface area (Å²) in [5.41, 5.74) is 3.92. The second-order valence-electron chi connectivity index (χ2n) is 8.06. The van der Waals surface area contributed by atoms with Crippen molar-refractivity contribution in [1.82, 2.24) is 9.38 Å². The van der Waals surface area contributed by atoms with Crippen LogP contribution in [-0.4, -0.2) is 27.5 Å². The predicted octanol–water partition coefficient (Wildman–Crippen LogP) is 4.44. The summed E-state index contributed by atoms with van der Waals surface area (Å²) >= 11 is 1.23. The molecule has 0 aliphatic carbocycles. The Morgan fingerprint density at radius 1 is 1.03 bits per heavy atom. The molecule has 3 aromatic carbocycles. The number of nitro benzene ring substituents is 1. The second kappa shape index (κ2) is 9.19. The smallest absolute Gasteiger partial charge is 0.274 e. The molecule has 0 aliphatic rings. The Kier molecular flexibility index (Phi) is 5.92. The van der Waals surface area contributed by atoms with E-state index in [1.54, 1.807) is 16.5 Å². The zero-order chi connectivity index (χ0) is 24.5. The van der Waals surface area contributed by atoms with Gasteiger partial charge in [0.1, 0.15) is 24.7 Å². The Morgan fingerprint density at radius 2 is 1.83 bits per heavy atom. The molecule has 176 valence electrons. The number of imidazole rings is 1. The summed E-state index contributed by atoms with van der Waals surface area (Å²) in [7, 11) is 0. The topological polar surface area (TPSA) is 96.0 Å². The summed E-state index contributed by atoms with van der Waals surface area (Å²) in [5.74, 6) is 1.17. The van der Waals surface area contributed by atoms with Crippen molar-refractivity contribution in [2.75, 3.05) is 13.2 Å². The van der Waals surface area contributed by atoms with E-state index < -0.39 is 4.92 Å². The third-order valence-electron chi connectivity index (χ3n) is 5.72. The number of aromatic nitrogens is 2. The number of benzene rings is 3. The van der Waals surface area contributed by atoms with Crippen molar-refractivity contribution in [3.8, 4) is 11.5 Å². The molecule has 0 bridgehead atoms. The SMILES string of the molecule is Cc1ccc(OCCOc2ccc([N+](=O)[O-])cc2C=c2sc3nc4ccccc4n3c2=O)cc1C. The van der Waals surface area contributed by atoms with Gasteiger partial charge in [0, 0.05) is 17.7 Å². The van der Waals surface area contributed by atoms with E-state index in [-0.39, 0.29) is 17.9 Å². The molecule has 2 heterocycles. The lowest BCUT2D eigenvalue weighted by atomic mass is 10.1. The van der Waals surface area contributed by atoms with Gasteiger partial charge >= 0.3 is 0 Å². The summed E-state index contributed by atoms with van der Waals surface area (Å²) in [5, 5.41) is 11.4. The van der Waals surface area contributed by atoms with Crippen LogP contribution < -0.4 is 19.6 Å². The molecule has 5 aromatic rings. The molecule has 0 aliphatic heterocycles. The average Bonchev–Trinajstić information content (AvgIpc) is 3.35. The van der Waals surface area contributed by atoms with E-state index in [0.29, 0.717) is 27.4 Å². The summed E-state index contributed by atoms with van der Waals surface area (Å²) < 4.78 is 13.6. The van der Waals surface area contributed by atoms with Crippen molar-refractivity contribution in [2.45, 2.75) is 13.8 Å². The minimum atomic E-state index is -0.475. The van der Waals surface area contributed by atoms with Crippen LogP contribution in [0, 0.1) is 24.0 Å². The summed E-state index contributed by atoms with van der Waals surface area (Å²) in [6, 6.07) is 17.6. The Hall–Kier alpha value is -4.24. The molecule has 9 heteroatoms. The van der Waals surface area contributed by atoms with Crippen LogP contribution in [0.5, 0.6) is 11.5 Å². The Bertz CT molecular complexity index is 1690. The number of fused-ring (bicyclic) bond motifs is 3. The number of hydrogen-bond donors (Lipinski definition) is 0. The van der Waals surface area contributed by atoms with Crippen LogP contribution in [0.3, 0.4) is 0 Å². The fourth-order valence-corrected chi connectivity index (χ4v) is 4.74. The van der Waals surface area contributed by atoms with Gasteiger partial charge in [0.05, 0.1) is 20.5 Å². The van der Waals surface area contributed by atoms with Crippen molar-refractivity contribution in [1.29, 1.82) is 0 Å². The number of thiazole rings is 1. The average molecular weight is 488 g/mol. The van der Waals surface area contributed by atoms with Gasteiger partial charge in [-0.25, -0.2) is 9.38 Å². The van der Waals surface area contributed by atoms with Crippen LogP contribution in [0.4, 0.5) is 5.69 Å². The van der Waals surface area contributed by atoms with E-state index in [1.165, 1.54) is 29.0 Å². The molecular weight excluding hydrogens is 466 g/mol. The van der Waals surface area contributed by atoms with E-state index in [4.69, 9.17) is 9.47 Å². The maximum Gasteiger partial charge on any atom is 0.274 e. The van der Waals surface area contributed by atoms with Crippen LogP contribution in [0.15, 0.2) is 65.5 Å². The summed E-state index contributed by atoms with van der Waals surface area (Å²) in [6.07, 6.45) is 1.61. The second-order valence-corrected chi connectivity index (χ2v) is 9.07. The lowest BCUT2D eigenvalue weighted by molar-refractivity contribution is -0.384. The highest BCUT2D eigenvalue weighted by Crippen LogP contribution is 2.25. The normalized spacial score (nSPS) is 11.9. The molecule has 0 amide bonds. The van der Waals surface area contributed by atoms with Gasteiger partial charge in [0.15, 0.2) is 4.96 Å². The number of nitrogens with zero attached hydrogens (tertiary/aromatic N) is 3. The highest BCUT2D eigenvalue weighted by molar-refractivity contribution is 7.15. The molecule has 0 atom stereocenters. The quantitative estimate of drug-likeness (QED) is 0.191. The maximum absolute atomic E-state index is 13.1. The van der Waals surface area contributed by atoms with E-state index in [9.17, 15) is 14.9 Å². The van der Waals surface area contributed by atoms with Gasteiger partial charge in [0.25, 0.3) is 11.2 Å². The van der Waals surface area contributed by atoms with Gasteiger partial charge in [0.2, 0.25) is 0 Å². The van der Waals surface area contributed by atoms with Gasteiger partial charge < -0.3 is 9.47 Å². The molecule has 0 unspecified atom stereocenters. The molecule has 0 saturated heterocycles. The zero-order valence-electron chi connectivity index (χ0n) is 19.1. The van der Waals surface area contributed by atoms with Crippen molar-refractivity contribution in [3.05, 3.63) is 102 Å². The molecule has 0 radical (unpaired) electrons. The number of rotatable bonds is 7. The molecular formula is C26H21N3O5S.